The third-order valence-electron chi connectivity index (χ3n) is 2.96. The van der Waals surface area contributed by atoms with Crippen LogP contribution >= 0.6 is 0 Å². The molecular formula is C15H24N2O3. The van der Waals surface area contributed by atoms with Gasteiger partial charge in [0, 0.05) is 7.11 Å². The van der Waals surface area contributed by atoms with E-state index in [0.717, 1.165) is 16.9 Å². The molecule has 0 aliphatic heterocycles. The van der Waals surface area contributed by atoms with Crippen LogP contribution < -0.4 is 15.8 Å². The first-order valence-electron chi connectivity index (χ1n) is 6.69. The predicted molar refractivity (Wildman–Crippen MR) is 78.9 cm³/mol. The Kier molecular flexibility index (Phi) is 6.48. The molecule has 0 saturated heterocycles. The second kappa shape index (κ2) is 7.87. The highest BCUT2D eigenvalue weighted by atomic mass is 16.5. The molecule has 0 heterocycles. The van der Waals surface area contributed by atoms with Gasteiger partial charge in [0.05, 0.1) is 12.6 Å². The van der Waals surface area contributed by atoms with E-state index in [-0.39, 0.29) is 18.6 Å². The van der Waals surface area contributed by atoms with Crippen molar-refractivity contribution in [3.05, 3.63) is 29.3 Å². The molecule has 0 aliphatic rings. The Morgan fingerprint density at radius 2 is 1.90 bits per heavy atom. The lowest BCUT2D eigenvalue weighted by Crippen LogP contribution is -2.48. The summed E-state index contributed by atoms with van der Waals surface area (Å²) < 4.78 is 10.6. The molecule has 20 heavy (non-hydrogen) atoms. The van der Waals surface area contributed by atoms with Crippen LogP contribution in [0.25, 0.3) is 0 Å². The van der Waals surface area contributed by atoms with Gasteiger partial charge < -0.3 is 20.5 Å². The number of methoxy groups -OCH3 is 1. The summed E-state index contributed by atoms with van der Waals surface area (Å²) in [5.74, 6) is 0.638. The molecule has 112 valence electrons. The SMILES string of the molecule is COCC(N)C(=O)NC(C)COc1c(C)cccc1C. The van der Waals surface area contributed by atoms with Gasteiger partial charge >= 0.3 is 0 Å². The summed E-state index contributed by atoms with van der Waals surface area (Å²) in [6.07, 6.45) is 0. The average Bonchev–Trinajstić information content (AvgIpc) is 2.38. The third-order valence-corrected chi connectivity index (χ3v) is 2.96. The molecule has 1 aromatic carbocycles. The first kappa shape index (κ1) is 16.5. The second-order valence-electron chi connectivity index (χ2n) is 5.00. The number of ether oxygens (including phenoxy) is 2. The van der Waals surface area contributed by atoms with Crippen molar-refractivity contribution in [1.82, 2.24) is 5.32 Å². The standard InChI is InChI=1S/C15H24N2O3/c1-10-6-5-7-11(2)14(10)20-8-12(3)17-15(18)13(16)9-19-4/h5-7,12-13H,8-9,16H2,1-4H3,(H,17,18). The Balaban J connectivity index is 2.47. The molecule has 0 saturated carbocycles. The maximum absolute atomic E-state index is 11.7. The molecule has 0 fully saturated rings. The number of aryl methyl sites for hydroxylation is 2. The normalized spacial score (nSPS) is 13.7. The van der Waals surface area contributed by atoms with Gasteiger partial charge in [-0.25, -0.2) is 0 Å². The minimum absolute atomic E-state index is 0.121. The largest absolute Gasteiger partial charge is 0.491 e. The topological polar surface area (TPSA) is 73.6 Å². The smallest absolute Gasteiger partial charge is 0.239 e. The van der Waals surface area contributed by atoms with Gasteiger partial charge in [-0.3, -0.25) is 4.79 Å². The molecule has 1 amide bonds. The number of rotatable bonds is 7. The number of benzene rings is 1. The molecule has 5 nitrogen and oxygen atoms in total. The van der Waals surface area contributed by atoms with Crippen molar-refractivity contribution in [2.24, 2.45) is 5.73 Å². The number of carbonyl (C=O) groups is 1. The molecule has 2 unspecified atom stereocenters. The van der Waals surface area contributed by atoms with Crippen molar-refractivity contribution in [3.63, 3.8) is 0 Å². The highest BCUT2D eigenvalue weighted by molar-refractivity contribution is 5.81. The van der Waals surface area contributed by atoms with Crippen molar-refractivity contribution >= 4 is 5.91 Å². The van der Waals surface area contributed by atoms with E-state index >= 15 is 0 Å². The van der Waals surface area contributed by atoms with Crippen LogP contribution in [0.15, 0.2) is 18.2 Å². The van der Waals surface area contributed by atoms with Crippen LogP contribution in [0.4, 0.5) is 0 Å². The monoisotopic (exact) mass is 280 g/mol. The number of para-hydroxylation sites is 1. The minimum Gasteiger partial charge on any atom is -0.491 e. The van der Waals surface area contributed by atoms with Gasteiger partial charge in [-0.1, -0.05) is 18.2 Å². The van der Waals surface area contributed by atoms with Crippen molar-refractivity contribution in [2.75, 3.05) is 20.3 Å². The highest BCUT2D eigenvalue weighted by Gasteiger charge is 2.16. The molecule has 5 heteroatoms. The van der Waals surface area contributed by atoms with E-state index < -0.39 is 6.04 Å². The van der Waals surface area contributed by atoms with E-state index in [1.807, 2.05) is 39.0 Å². The van der Waals surface area contributed by atoms with Crippen molar-refractivity contribution < 1.29 is 14.3 Å². The van der Waals surface area contributed by atoms with E-state index in [4.69, 9.17) is 15.2 Å². The van der Waals surface area contributed by atoms with E-state index in [1.54, 1.807) is 0 Å². The van der Waals surface area contributed by atoms with E-state index in [0.29, 0.717) is 6.61 Å². The Morgan fingerprint density at radius 3 is 2.45 bits per heavy atom. The maximum Gasteiger partial charge on any atom is 0.239 e. The quantitative estimate of drug-likeness (QED) is 0.786. The van der Waals surface area contributed by atoms with E-state index in [9.17, 15) is 4.79 Å². The third kappa shape index (κ3) is 4.83. The summed E-state index contributed by atoms with van der Waals surface area (Å²) in [5.41, 5.74) is 7.82. The van der Waals surface area contributed by atoms with Gasteiger partial charge in [-0.15, -0.1) is 0 Å². The summed E-state index contributed by atoms with van der Waals surface area (Å²) in [6, 6.07) is 5.22. The molecule has 0 aliphatic carbocycles. The van der Waals surface area contributed by atoms with Gasteiger partial charge in [0.25, 0.3) is 0 Å². The molecular weight excluding hydrogens is 256 g/mol. The molecule has 0 spiro atoms. The lowest BCUT2D eigenvalue weighted by Gasteiger charge is -2.19. The maximum atomic E-state index is 11.7. The molecule has 0 radical (unpaired) electrons. The zero-order chi connectivity index (χ0) is 15.1. The number of amides is 1. The number of hydrogen-bond donors (Lipinski definition) is 2. The summed E-state index contributed by atoms with van der Waals surface area (Å²) in [6.45, 7) is 6.48. The lowest BCUT2D eigenvalue weighted by molar-refractivity contribution is -0.124. The van der Waals surface area contributed by atoms with Crippen LogP contribution in [-0.4, -0.2) is 38.3 Å². The van der Waals surface area contributed by atoms with Crippen LogP contribution in [0.2, 0.25) is 0 Å². The Labute approximate surface area is 120 Å². The fourth-order valence-corrected chi connectivity index (χ4v) is 1.88. The molecule has 2 atom stereocenters. The van der Waals surface area contributed by atoms with Gasteiger partial charge in [0.2, 0.25) is 5.91 Å². The first-order chi connectivity index (χ1) is 9.45. The van der Waals surface area contributed by atoms with Crippen LogP contribution in [0.3, 0.4) is 0 Å². The van der Waals surface area contributed by atoms with Crippen LogP contribution in [-0.2, 0) is 9.53 Å². The number of nitrogens with two attached hydrogens (primary N) is 1. The zero-order valence-electron chi connectivity index (χ0n) is 12.6. The van der Waals surface area contributed by atoms with Crippen molar-refractivity contribution in [2.45, 2.75) is 32.9 Å². The molecule has 0 bridgehead atoms. The molecule has 1 rings (SSSR count). The fraction of sp³-hybridized carbons (Fsp3) is 0.533. The predicted octanol–water partition coefficient (Wildman–Crippen LogP) is 1.16. The fourth-order valence-electron chi connectivity index (χ4n) is 1.88. The number of hydrogen-bond acceptors (Lipinski definition) is 4. The van der Waals surface area contributed by atoms with Gasteiger partial charge in [0.1, 0.15) is 18.4 Å². The molecule has 0 aromatic heterocycles. The van der Waals surface area contributed by atoms with Crippen molar-refractivity contribution in [1.29, 1.82) is 0 Å². The lowest BCUT2D eigenvalue weighted by atomic mass is 10.1. The average molecular weight is 280 g/mol. The van der Waals surface area contributed by atoms with Crippen molar-refractivity contribution in [3.8, 4) is 5.75 Å². The van der Waals surface area contributed by atoms with Gasteiger partial charge in [-0.05, 0) is 31.9 Å². The van der Waals surface area contributed by atoms with Crippen LogP contribution in [0.1, 0.15) is 18.1 Å². The highest BCUT2D eigenvalue weighted by Crippen LogP contribution is 2.22. The Morgan fingerprint density at radius 1 is 1.30 bits per heavy atom. The number of nitrogens with one attached hydrogen (secondary N) is 1. The molecule has 3 N–H and O–H groups in total. The number of carbonyl (C=O) groups excluding carboxylic acids is 1. The summed E-state index contributed by atoms with van der Waals surface area (Å²) in [4.78, 5) is 11.7. The second-order valence-corrected chi connectivity index (χ2v) is 5.00. The minimum atomic E-state index is -0.650. The van der Waals surface area contributed by atoms with Crippen LogP contribution in [0.5, 0.6) is 5.75 Å². The van der Waals surface area contributed by atoms with E-state index in [1.165, 1.54) is 7.11 Å². The Hall–Kier alpha value is -1.59. The summed E-state index contributed by atoms with van der Waals surface area (Å²) >= 11 is 0. The summed E-state index contributed by atoms with van der Waals surface area (Å²) in [5, 5.41) is 2.80. The zero-order valence-corrected chi connectivity index (χ0v) is 12.6. The first-order valence-corrected chi connectivity index (χ1v) is 6.69. The van der Waals surface area contributed by atoms with Gasteiger partial charge in [-0.2, -0.15) is 0 Å². The summed E-state index contributed by atoms with van der Waals surface area (Å²) in [7, 11) is 1.51. The van der Waals surface area contributed by atoms with Crippen LogP contribution in [0, 0.1) is 13.8 Å². The molecule has 1 aromatic rings. The van der Waals surface area contributed by atoms with E-state index in [2.05, 4.69) is 5.32 Å². The van der Waals surface area contributed by atoms with Gasteiger partial charge in [0.15, 0.2) is 0 Å². The Bertz CT molecular complexity index is 428.